The van der Waals surface area contributed by atoms with Crippen LogP contribution < -0.4 is 4.90 Å². The first-order valence-corrected chi connectivity index (χ1v) is 10.2. The van der Waals surface area contributed by atoms with E-state index < -0.39 is 0 Å². The van der Waals surface area contributed by atoms with E-state index >= 15 is 0 Å². The van der Waals surface area contributed by atoms with Crippen LogP contribution in [0.3, 0.4) is 0 Å². The second-order valence-corrected chi connectivity index (χ2v) is 8.15. The van der Waals surface area contributed by atoms with Crippen LogP contribution in [0.1, 0.15) is 39.5 Å². The monoisotopic (exact) mass is 372 g/mol. The topological polar surface area (TPSA) is 56.8 Å². The summed E-state index contributed by atoms with van der Waals surface area (Å²) in [6.45, 7) is 9.23. The zero-order valence-corrected chi connectivity index (χ0v) is 16.6. The van der Waals surface area contributed by atoms with Crippen molar-refractivity contribution in [3.63, 3.8) is 0 Å². The number of hydrogen-bond acceptors (Lipinski definition) is 4. The van der Waals surface area contributed by atoms with E-state index in [0.717, 1.165) is 45.1 Å². The number of likely N-dealkylation sites (tertiary alicyclic amines) is 1. The van der Waals surface area contributed by atoms with E-state index in [9.17, 15) is 9.59 Å². The standard InChI is InChI=1S/C21H32N4O2/c1-17-14-18(2)16-25(15-17)21(27)8-5-7-20(26)24-12-10-23(11-13-24)19-6-3-4-9-22-19/h3-4,6,9,17-18H,5,7-8,10-16H2,1-2H3/t17-,18+. The van der Waals surface area contributed by atoms with Gasteiger partial charge in [0.05, 0.1) is 0 Å². The zero-order chi connectivity index (χ0) is 19.2. The second kappa shape index (κ2) is 9.20. The third-order valence-electron chi connectivity index (χ3n) is 5.61. The summed E-state index contributed by atoms with van der Waals surface area (Å²) in [7, 11) is 0. The van der Waals surface area contributed by atoms with E-state index in [1.807, 2.05) is 28.0 Å². The van der Waals surface area contributed by atoms with Crippen LogP contribution in [-0.2, 0) is 9.59 Å². The molecular weight excluding hydrogens is 340 g/mol. The molecule has 0 saturated carbocycles. The van der Waals surface area contributed by atoms with Crippen molar-refractivity contribution in [2.24, 2.45) is 11.8 Å². The van der Waals surface area contributed by atoms with Crippen LogP contribution in [0.25, 0.3) is 0 Å². The zero-order valence-electron chi connectivity index (χ0n) is 16.6. The van der Waals surface area contributed by atoms with Crippen molar-refractivity contribution in [1.82, 2.24) is 14.8 Å². The minimum absolute atomic E-state index is 0.170. The quantitative estimate of drug-likeness (QED) is 0.796. The van der Waals surface area contributed by atoms with Gasteiger partial charge in [-0.15, -0.1) is 0 Å². The van der Waals surface area contributed by atoms with E-state index in [1.54, 1.807) is 6.20 Å². The normalized spacial score (nSPS) is 23.4. The first-order valence-electron chi connectivity index (χ1n) is 10.2. The number of pyridine rings is 1. The van der Waals surface area contributed by atoms with Crippen molar-refractivity contribution < 1.29 is 9.59 Å². The lowest BCUT2D eigenvalue weighted by molar-refractivity contribution is -0.134. The smallest absolute Gasteiger partial charge is 0.222 e. The number of rotatable bonds is 5. The molecule has 3 heterocycles. The Labute approximate surface area is 162 Å². The summed E-state index contributed by atoms with van der Waals surface area (Å²) in [6, 6.07) is 5.90. The average molecular weight is 373 g/mol. The first-order chi connectivity index (χ1) is 13.0. The van der Waals surface area contributed by atoms with Gasteiger partial charge in [0.1, 0.15) is 5.82 Å². The summed E-state index contributed by atoms with van der Waals surface area (Å²) >= 11 is 0. The van der Waals surface area contributed by atoms with E-state index in [2.05, 4.69) is 23.7 Å². The van der Waals surface area contributed by atoms with Gasteiger partial charge in [-0.05, 0) is 36.8 Å². The van der Waals surface area contributed by atoms with Gasteiger partial charge < -0.3 is 14.7 Å². The number of nitrogens with zero attached hydrogens (tertiary/aromatic N) is 4. The maximum Gasteiger partial charge on any atom is 0.222 e. The fourth-order valence-electron chi connectivity index (χ4n) is 4.30. The highest BCUT2D eigenvalue weighted by Crippen LogP contribution is 2.22. The molecule has 2 amide bonds. The van der Waals surface area contributed by atoms with Gasteiger partial charge in [-0.3, -0.25) is 9.59 Å². The van der Waals surface area contributed by atoms with Crippen molar-refractivity contribution in [2.45, 2.75) is 39.5 Å². The lowest BCUT2D eigenvalue weighted by Gasteiger charge is -2.36. The second-order valence-electron chi connectivity index (χ2n) is 8.15. The molecule has 6 heteroatoms. The van der Waals surface area contributed by atoms with Crippen LogP contribution in [-0.4, -0.2) is 65.9 Å². The molecule has 2 saturated heterocycles. The van der Waals surface area contributed by atoms with Crippen molar-refractivity contribution in [1.29, 1.82) is 0 Å². The summed E-state index contributed by atoms with van der Waals surface area (Å²) in [5, 5.41) is 0. The lowest BCUT2D eigenvalue weighted by atomic mass is 9.91. The number of carbonyl (C=O) groups excluding carboxylic acids is 2. The largest absolute Gasteiger partial charge is 0.353 e. The molecular formula is C21H32N4O2. The Bertz CT molecular complexity index is 618. The maximum absolute atomic E-state index is 12.5. The number of carbonyl (C=O) groups is 2. The van der Waals surface area contributed by atoms with Gasteiger partial charge in [0.15, 0.2) is 0 Å². The third-order valence-corrected chi connectivity index (χ3v) is 5.61. The summed E-state index contributed by atoms with van der Waals surface area (Å²) in [5.74, 6) is 2.51. The molecule has 1 aromatic heterocycles. The van der Waals surface area contributed by atoms with Gasteiger partial charge in [0, 0.05) is 58.3 Å². The molecule has 0 aliphatic carbocycles. The number of aromatic nitrogens is 1. The molecule has 148 valence electrons. The van der Waals surface area contributed by atoms with Crippen molar-refractivity contribution in [3.05, 3.63) is 24.4 Å². The molecule has 2 atom stereocenters. The Morgan fingerprint density at radius 1 is 0.963 bits per heavy atom. The highest BCUT2D eigenvalue weighted by atomic mass is 16.2. The number of piperazine rings is 1. The summed E-state index contributed by atoms with van der Waals surface area (Å²) in [5.41, 5.74) is 0. The molecule has 6 nitrogen and oxygen atoms in total. The SMILES string of the molecule is C[C@@H]1C[C@H](C)CN(C(=O)CCCC(=O)N2CCN(c3ccccn3)CC2)C1. The molecule has 0 N–H and O–H groups in total. The Morgan fingerprint density at radius 3 is 2.19 bits per heavy atom. The minimum atomic E-state index is 0.170. The van der Waals surface area contributed by atoms with Crippen molar-refractivity contribution >= 4 is 17.6 Å². The number of amides is 2. The molecule has 0 unspecified atom stereocenters. The predicted molar refractivity (Wildman–Crippen MR) is 106 cm³/mol. The molecule has 27 heavy (non-hydrogen) atoms. The lowest BCUT2D eigenvalue weighted by Crippen LogP contribution is -2.49. The maximum atomic E-state index is 12.5. The molecule has 0 spiro atoms. The predicted octanol–water partition coefficient (Wildman–Crippen LogP) is 2.41. The van der Waals surface area contributed by atoms with Crippen LogP contribution in [0.5, 0.6) is 0 Å². The Morgan fingerprint density at radius 2 is 1.59 bits per heavy atom. The molecule has 0 radical (unpaired) electrons. The third kappa shape index (κ3) is 5.44. The fraction of sp³-hybridized carbons (Fsp3) is 0.667. The van der Waals surface area contributed by atoms with Gasteiger partial charge in [0.2, 0.25) is 11.8 Å². The minimum Gasteiger partial charge on any atom is -0.353 e. The Kier molecular flexibility index (Phi) is 6.69. The van der Waals surface area contributed by atoms with E-state index in [-0.39, 0.29) is 11.8 Å². The fourth-order valence-corrected chi connectivity index (χ4v) is 4.30. The van der Waals surface area contributed by atoms with Crippen molar-refractivity contribution in [2.75, 3.05) is 44.2 Å². The first kappa shape index (κ1) is 19.6. The number of anilines is 1. The van der Waals surface area contributed by atoms with E-state index in [0.29, 0.717) is 31.1 Å². The Hall–Kier alpha value is -2.11. The molecule has 2 fully saturated rings. The van der Waals surface area contributed by atoms with Crippen LogP contribution in [0.4, 0.5) is 5.82 Å². The molecule has 2 aliphatic heterocycles. The summed E-state index contributed by atoms with van der Waals surface area (Å²) < 4.78 is 0. The molecule has 3 rings (SSSR count). The van der Waals surface area contributed by atoms with Crippen molar-refractivity contribution in [3.8, 4) is 0 Å². The summed E-state index contributed by atoms with van der Waals surface area (Å²) in [4.78, 5) is 35.4. The van der Waals surface area contributed by atoms with E-state index in [1.165, 1.54) is 6.42 Å². The van der Waals surface area contributed by atoms with Gasteiger partial charge in [-0.2, -0.15) is 0 Å². The van der Waals surface area contributed by atoms with Crippen LogP contribution in [0, 0.1) is 11.8 Å². The highest BCUT2D eigenvalue weighted by molar-refractivity contribution is 5.79. The molecule has 2 aliphatic rings. The summed E-state index contributed by atoms with van der Waals surface area (Å²) in [6.07, 6.45) is 4.60. The van der Waals surface area contributed by atoms with Crippen LogP contribution in [0.2, 0.25) is 0 Å². The van der Waals surface area contributed by atoms with Gasteiger partial charge in [0.25, 0.3) is 0 Å². The average Bonchev–Trinajstić information content (AvgIpc) is 2.68. The van der Waals surface area contributed by atoms with E-state index in [4.69, 9.17) is 0 Å². The van der Waals surface area contributed by atoms with Gasteiger partial charge >= 0.3 is 0 Å². The molecule has 0 aromatic carbocycles. The number of piperidine rings is 1. The van der Waals surface area contributed by atoms with Crippen LogP contribution in [0.15, 0.2) is 24.4 Å². The molecule has 0 bridgehead atoms. The van der Waals surface area contributed by atoms with Gasteiger partial charge in [-0.25, -0.2) is 4.98 Å². The highest BCUT2D eigenvalue weighted by Gasteiger charge is 2.26. The van der Waals surface area contributed by atoms with Gasteiger partial charge in [-0.1, -0.05) is 19.9 Å². The molecule has 1 aromatic rings. The van der Waals surface area contributed by atoms with Crippen LogP contribution >= 0.6 is 0 Å². The number of hydrogen-bond donors (Lipinski definition) is 0. The Balaban J connectivity index is 1.37.